The smallest absolute Gasteiger partial charge is 0.224 e. The van der Waals surface area contributed by atoms with Crippen LogP contribution in [0.4, 0.5) is 4.39 Å². The Morgan fingerprint density at radius 2 is 1.86 bits per heavy atom. The number of aryl methyl sites for hydroxylation is 1. The molecular formula is C35H38FN3O4. The Hall–Kier alpha value is -4.27. The van der Waals surface area contributed by atoms with Gasteiger partial charge in [-0.2, -0.15) is 0 Å². The quantitative estimate of drug-likeness (QED) is 0.221. The van der Waals surface area contributed by atoms with Gasteiger partial charge in [0.2, 0.25) is 11.8 Å². The van der Waals surface area contributed by atoms with E-state index in [-0.39, 0.29) is 30.6 Å². The Kier molecular flexibility index (Phi) is 9.69. The van der Waals surface area contributed by atoms with E-state index in [4.69, 9.17) is 15.2 Å². The highest BCUT2D eigenvalue weighted by Gasteiger charge is 2.30. The fourth-order valence-electron chi connectivity index (χ4n) is 5.55. The average molecular weight is 584 g/mol. The number of amides is 1. The molecule has 0 spiro atoms. The number of nitrogens with two attached hydrogens (primary N) is 1. The lowest BCUT2D eigenvalue weighted by Gasteiger charge is -2.30. The molecule has 4 unspecified atom stereocenters. The minimum Gasteiger partial charge on any atom is -0.493 e. The molecule has 0 fully saturated rings. The molecule has 5 rings (SSSR count). The van der Waals surface area contributed by atoms with E-state index in [2.05, 4.69) is 10.3 Å². The second-order valence-corrected chi connectivity index (χ2v) is 11.2. The number of pyridine rings is 1. The molecule has 0 saturated heterocycles. The lowest BCUT2D eigenvalue weighted by molar-refractivity contribution is -0.127. The summed E-state index contributed by atoms with van der Waals surface area (Å²) in [6.07, 6.45) is 2.07. The first-order valence-corrected chi connectivity index (χ1v) is 14.6. The molecule has 0 saturated carbocycles. The molecule has 4 N–H and O–H groups in total. The zero-order valence-electron chi connectivity index (χ0n) is 24.5. The van der Waals surface area contributed by atoms with Gasteiger partial charge in [0.15, 0.2) is 0 Å². The number of ether oxygens (including phenoxy) is 2. The van der Waals surface area contributed by atoms with Crippen LogP contribution in [0.25, 0.3) is 11.1 Å². The van der Waals surface area contributed by atoms with Crippen molar-refractivity contribution >= 4 is 5.91 Å². The van der Waals surface area contributed by atoms with Crippen LogP contribution in [0.15, 0.2) is 85.1 Å². The van der Waals surface area contributed by atoms with Crippen molar-refractivity contribution in [1.29, 1.82) is 0 Å². The molecule has 2 heterocycles. The average Bonchev–Trinajstić information content (AvgIpc) is 3.02. The number of rotatable bonds is 11. The number of nitrogens with one attached hydrogen (secondary N) is 1. The van der Waals surface area contributed by atoms with Gasteiger partial charge in [-0.1, -0.05) is 60.2 Å². The van der Waals surface area contributed by atoms with Gasteiger partial charge in [-0.3, -0.25) is 4.79 Å². The summed E-state index contributed by atoms with van der Waals surface area (Å²) >= 11 is 0. The van der Waals surface area contributed by atoms with E-state index in [1.807, 2.05) is 61.5 Å². The van der Waals surface area contributed by atoms with Gasteiger partial charge >= 0.3 is 0 Å². The number of hydrogen-bond donors (Lipinski definition) is 3. The molecule has 3 aromatic carbocycles. The molecule has 4 atom stereocenters. The molecule has 1 aliphatic heterocycles. The highest BCUT2D eigenvalue weighted by atomic mass is 19.1. The molecule has 1 aliphatic rings. The van der Waals surface area contributed by atoms with Crippen molar-refractivity contribution in [2.45, 2.75) is 50.8 Å². The van der Waals surface area contributed by atoms with Crippen LogP contribution in [0, 0.1) is 18.7 Å². The highest BCUT2D eigenvalue weighted by Crippen LogP contribution is 2.33. The maximum Gasteiger partial charge on any atom is 0.224 e. The molecule has 7 nitrogen and oxygen atoms in total. The Morgan fingerprint density at radius 3 is 2.58 bits per heavy atom. The van der Waals surface area contributed by atoms with E-state index in [1.54, 1.807) is 31.5 Å². The van der Waals surface area contributed by atoms with E-state index >= 15 is 0 Å². The summed E-state index contributed by atoms with van der Waals surface area (Å²) in [6.45, 7) is 2.48. The van der Waals surface area contributed by atoms with Gasteiger partial charge in [0.25, 0.3) is 0 Å². The fourth-order valence-corrected chi connectivity index (χ4v) is 5.55. The van der Waals surface area contributed by atoms with E-state index in [0.717, 1.165) is 33.6 Å². The normalized spacial score (nSPS) is 16.3. The minimum atomic E-state index is -0.975. The van der Waals surface area contributed by atoms with Crippen LogP contribution in [-0.4, -0.2) is 41.9 Å². The summed E-state index contributed by atoms with van der Waals surface area (Å²) in [5.74, 6) is 0.00251. The van der Waals surface area contributed by atoms with Gasteiger partial charge in [0, 0.05) is 41.8 Å². The van der Waals surface area contributed by atoms with Gasteiger partial charge in [-0.25, -0.2) is 9.37 Å². The van der Waals surface area contributed by atoms with E-state index in [9.17, 15) is 14.3 Å². The topological polar surface area (TPSA) is 107 Å². The number of halogens is 1. The number of aliphatic hydroxyl groups is 1. The number of aromatic nitrogens is 1. The van der Waals surface area contributed by atoms with Crippen molar-refractivity contribution in [1.82, 2.24) is 10.3 Å². The SMILES string of the molecule is COc1ccc(-c2ccc(CC(N)C(O)CC(Cc3ccccc3F)C(=O)NC3CCOc4ccc(C)cc43)cc2)cn1. The van der Waals surface area contributed by atoms with Gasteiger partial charge in [-0.05, 0) is 61.1 Å². The van der Waals surface area contributed by atoms with Gasteiger partial charge in [0.1, 0.15) is 11.6 Å². The lowest BCUT2D eigenvalue weighted by atomic mass is 9.88. The van der Waals surface area contributed by atoms with Crippen LogP contribution in [0.2, 0.25) is 0 Å². The standard InChI is InChI=1S/C35H38FN3O4/c1-22-7-13-33-28(17-22)31(15-16-43-33)39-35(41)27(19-25-5-3-4-6-29(25)36)20-32(40)30(37)18-23-8-10-24(11-9-23)26-12-14-34(42-2)38-21-26/h3-14,17,21,27,30-32,40H,15-16,18-20,37H2,1-2H3,(H,39,41). The van der Waals surface area contributed by atoms with Crippen LogP contribution in [0.5, 0.6) is 11.6 Å². The molecule has 224 valence electrons. The molecule has 0 aliphatic carbocycles. The van der Waals surface area contributed by atoms with Gasteiger partial charge in [-0.15, -0.1) is 0 Å². The maximum absolute atomic E-state index is 14.6. The maximum atomic E-state index is 14.6. The van der Waals surface area contributed by atoms with Crippen LogP contribution in [0.1, 0.15) is 41.1 Å². The van der Waals surface area contributed by atoms with Crippen molar-refractivity contribution < 1.29 is 23.8 Å². The van der Waals surface area contributed by atoms with Crippen LogP contribution in [0.3, 0.4) is 0 Å². The Balaban J connectivity index is 1.27. The molecular weight excluding hydrogens is 545 g/mol. The number of methoxy groups -OCH3 is 1. The summed E-state index contributed by atoms with van der Waals surface area (Å²) in [5, 5.41) is 14.3. The minimum absolute atomic E-state index is 0.0980. The van der Waals surface area contributed by atoms with E-state index < -0.39 is 18.1 Å². The first kappa shape index (κ1) is 30.2. The van der Waals surface area contributed by atoms with Crippen LogP contribution < -0.4 is 20.5 Å². The van der Waals surface area contributed by atoms with Crippen molar-refractivity contribution in [2.75, 3.05) is 13.7 Å². The van der Waals surface area contributed by atoms with E-state index in [1.165, 1.54) is 6.07 Å². The Bertz CT molecular complexity index is 1530. The fraction of sp³-hybridized carbons (Fsp3) is 0.314. The van der Waals surface area contributed by atoms with Crippen molar-refractivity contribution in [3.8, 4) is 22.8 Å². The van der Waals surface area contributed by atoms with Crippen LogP contribution >= 0.6 is 0 Å². The number of aliphatic hydroxyl groups excluding tert-OH is 1. The monoisotopic (exact) mass is 583 g/mol. The number of fused-ring (bicyclic) bond motifs is 1. The lowest BCUT2D eigenvalue weighted by Crippen LogP contribution is -2.43. The summed E-state index contributed by atoms with van der Waals surface area (Å²) in [4.78, 5) is 18.0. The summed E-state index contributed by atoms with van der Waals surface area (Å²) in [7, 11) is 1.58. The second kappa shape index (κ2) is 13.8. The molecule has 1 amide bonds. The number of benzene rings is 3. The summed E-state index contributed by atoms with van der Waals surface area (Å²) < 4.78 is 25.6. The molecule has 1 aromatic heterocycles. The molecule has 4 aromatic rings. The third-order valence-corrected chi connectivity index (χ3v) is 8.04. The first-order valence-electron chi connectivity index (χ1n) is 14.6. The van der Waals surface area contributed by atoms with Gasteiger partial charge < -0.3 is 25.6 Å². The summed E-state index contributed by atoms with van der Waals surface area (Å²) in [5.41, 5.74) is 11.8. The molecule has 43 heavy (non-hydrogen) atoms. The predicted molar refractivity (Wildman–Crippen MR) is 164 cm³/mol. The highest BCUT2D eigenvalue weighted by molar-refractivity contribution is 5.79. The third kappa shape index (κ3) is 7.58. The van der Waals surface area contributed by atoms with Crippen molar-refractivity contribution in [2.24, 2.45) is 11.7 Å². The number of carbonyl (C=O) groups is 1. The number of nitrogens with zero attached hydrogens (tertiary/aromatic N) is 1. The zero-order chi connectivity index (χ0) is 30.3. The van der Waals surface area contributed by atoms with Gasteiger partial charge in [0.05, 0.1) is 25.9 Å². The second-order valence-electron chi connectivity index (χ2n) is 11.2. The Labute approximate surface area is 251 Å². The Morgan fingerprint density at radius 1 is 1.09 bits per heavy atom. The third-order valence-electron chi connectivity index (χ3n) is 8.04. The number of carbonyl (C=O) groups excluding carboxylic acids is 1. The molecule has 8 heteroatoms. The predicted octanol–water partition coefficient (Wildman–Crippen LogP) is 5.32. The van der Waals surface area contributed by atoms with Crippen LogP contribution in [-0.2, 0) is 17.6 Å². The summed E-state index contributed by atoms with van der Waals surface area (Å²) in [6, 6.07) is 23.2. The molecule has 0 radical (unpaired) electrons. The largest absolute Gasteiger partial charge is 0.493 e. The number of hydrogen-bond acceptors (Lipinski definition) is 6. The van der Waals surface area contributed by atoms with E-state index in [0.29, 0.717) is 30.9 Å². The van der Waals surface area contributed by atoms with Crippen molar-refractivity contribution in [3.63, 3.8) is 0 Å². The molecule has 0 bridgehead atoms. The first-order chi connectivity index (χ1) is 20.8. The van der Waals surface area contributed by atoms with Crippen molar-refractivity contribution in [3.05, 3.63) is 113 Å². The zero-order valence-corrected chi connectivity index (χ0v) is 24.5.